The van der Waals surface area contributed by atoms with E-state index in [1.807, 2.05) is 30.3 Å². The number of carbonyl (C=O) groups excluding carboxylic acids is 1. The van der Waals surface area contributed by atoms with E-state index in [2.05, 4.69) is 123 Å². The summed E-state index contributed by atoms with van der Waals surface area (Å²) in [6, 6.07) is 24.4. The Morgan fingerprint density at radius 3 is 1.98 bits per heavy atom. The lowest BCUT2D eigenvalue weighted by Crippen LogP contribution is -2.47. The molecule has 3 rings (SSSR count). The molecule has 1 atom stereocenters. The molecule has 264 valence electrons. The SMILES string of the molecule is COC(=O)c1cccc(CC(C)(C)NC[C@H](O[Si](C)(C)C(C)(C)C)c2ccc(OCc3ccccc3)c(CO[Si](C)(C)C(C)(C)C)c2)c1. The van der Waals surface area contributed by atoms with Gasteiger partial charge in [0.25, 0.3) is 0 Å². The molecule has 0 bridgehead atoms. The summed E-state index contributed by atoms with van der Waals surface area (Å²) in [5.41, 5.74) is 4.64. The maximum atomic E-state index is 12.2. The molecule has 0 radical (unpaired) electrons. The molecular formula is C40H61NO5Si2. The minimum absolute atomic E-state index is 0.0438. The van der Waals surface area contributed by atoms with Gasteiger partial charge in [-0.2, -0.15) is 0 Å². The van der Waals surface area contributed by atoms with Crippen LogP contribution >= 0.6 is 0 Å². The highest BCUT2D eigenvalue weighted by atomic mass is 28.4. The second kappa shape index (κ2) is 15.9. The summed E-state index contributed by atoms with van der Waals surface area (Å²) < 4.78 is 25.3. The molecule has 0 aliphatic carbocycles. The third kappa shape index (κ3) is 11.1. The molecule has 1 N–H and O–H groups in total. The Morgan fingerprint density at radius 1 is 0.750 bits per heavy atom. The Kier molecular flexibility index (Phi) is 13.1. The lowest BCUT2D eigenvalue weighted by atomic mass is 9.93. The van der Waals surface area contributed by atoms with E-state index in [4.69, 9.17) is 18.3 Å². The molecule has 0 fully saturated rings. The predicted molar refractivity (Wildman–Crippen MR) is 204 cm³/mol. The number of hydrogen-bond donors (Lipinski definition) is 1. The number of ether oxygens (including phenoxy) is 2. The summed E-state index contributed by atoms with van der Waals surface area (Å²) in [7, 11) is -2.76. The van der Waals surface area contributed by atoms with Gasteiger partial charge >= 0.3 is 5.97 Å². The summed E-state index contributed by atoms with van der Waals surface area (Å²) in [4.78, 5) is 12.2. The van der Waals surface area contributed by atoms with Crippen LogP contribution in [0.15, 0.2) is 72.8 Å². The van der Waals surface area contributed by atoms with E-state index in [0.29, 0.717) is 25.3 Å². The van der Waals surface area contributed by atoms with Crippen LogP contribution in [0.2, 0.25) is 36.3 Å². The number of rotatable bonds is 15. The summed E-state index contributed by atoms with van der Waals surface area (Å²) in [5, 5.41) is 3.96. The number of carbonyl (C=O) groups is 1. The molecule has 0 unspecified atom stereocenters. The Hall–Kier alpha value is -2.76. The zero-order valence-corrected chi connectivity index (χ0v) is 33.9. The van der Waals surface area contributed by atoms with E-state index in [0.717, 1.165) is 34.4 Å². The zero-order valence-electron chi connectivity index (χ0n) is 31.9. The quantitative estimate of drug-likeness (QED) is 0.126. The lowest BCUT2D eigenvalue weighted by Gasteiger charge is -2.40. The van der Waals surface area contributed by atoms with Crippen LogP contribution in [0, 0.1) is 0 Å². The van der Waals surface area contributed by atoms with Crippen molar-refractivity contribution in [1.29, 1.82) is 0 Å². The fraction of sp³-hybridized carbons (Fsp3) is 0.525. The second-order valence-electron chi connectivity index (χ2n) is 16.7. The van der Waals surface area contributed by atoms with Crippen molar-refractivity contribution >= 4 is 22.6 Å². The Morgan fingerprint density at radius 2 is 1.38 bits per heavy atom. The van der Waals surface area contributed by atoms with Crippen LogP contribution in [-0.2, 0) is 33.2 Å². The molecule has 0 saturated heterocycles. The first-order valence-electron chi connectivity index (χ1n) is 17.2. The standard InChI is InChI=1S/C40H61NO5Si2/c1-38(2,3)47(10,11)45-29-34-25-32(22-23-35(34)44-28-30-18-15-14-16-19-30)36(46-48(12,13)39(4,5)6)27-41-40(7,8)26-31-20-17-21-33(24-31)37(42)43-9/h14-25,36,41H,26-29H2,1-13H3/t36-/m0/s1. The molecule has 0 spiro atoms. The fourth-order valence-corrected chi connectivity index (χ4v) is 7.12. The van der Waals surface area contributed by atoms with Crippen LogP contribution < -0.4 is 10.1 Å². The van der Waals surface area contributed by atoms with Crippen molar-refractivity contribution in [2.24, 2.45) is 0 Å². The second-order valence-corrected chi connectivity index (χ2v) is 26.3. The van der Waals surface area contributed by atoms with Crippen LogP contribution in [-0.4, -0.2) is 41.8 Å². The van der Waals surface area contributed by atoms with Crippen molar-refractivity contribution in [3.63, 3.8) is 0 Å². The highest BCUT2D eigenvalue weighted by Crippen LogP contribution is 2.41. The number of esters is 1. The maximum Gasteiger partial charge on any atom is 0.337 e. The van der Waals surface area contributed by atoms with Gasteiger partial charge in [0.05, 0.1) is 25.4 Å². The van der Waals surface area contributed by atoms with E-state index < -0.39 is 16.6 Å². The summed E-state index contributed by atoms with van der Waals surface area (Å²) in [6.07, 6.45) is 0.559. The van der Waals surface area contributed by atoms with Crippen molar-refractivity contribution in [3.05, 3.63) is 101 Å². The Labute approximate surface area is 293 Å². The fourth-order valence-electron chi connectivity index (χ4n) is 4.89. The van der Waals surface area contributed by atoms with Crippen molar-refractivity contribution in [2.45, 2.75) is 123 Å². The first kappa shape index (κ1) is 39.7. The molecule has 0 aliphatic rings. The molecule has 3 aromatic rings. The largest absolute Gasteiger partial charge is 0.489 e. The number of benzene rings is 3. The normalized spacial score (nSPS) is 13.7. The summed E-state index contributed by atoms with van der Waals surface area (Å²) in [5.74, 6) is 0.515. The molecule has 8 heteroatoms. The monoisotopic (exact) mass is 691 g/mol. The first-order chi connectivity index (χ1) is 22.1. The summed E-state index contributed by atoms with van der Waals surface area (Å²) >= 11 is 0. The van der Waals surface area contributed by atoms with E-state index in [1.54, 1.807) is 6.07 Å². The molecule has 0 amide bonds. The maximum absolute atomic E-state index is 12.2. The van der Waals surface area contributed by atoms with E-state index in [9.17, 15) is 4.79 Å². The highest BCUT2D eigenvalue weighted by Gasteiger charge is 2.40. The Balaban J connectivity index is 1.95. The topological polar surface area (TPSA) is 66.0 Å². The minimum atomic E-state index is -2.16. The first-order valence-corrected chi connectivity index (χ1v) is 23.0. The number of nitrogens with one attached hydrogen (secondary N) is 1. The Bertz CT molecular complexity index is 1490. The van der Waals surface area contributed by atoms with Crippen LogP contribution in [0.25, 0.3) is 0 Å². The molecular weight excluding hydrogens is 631 g/mol. The van der Waals surface area contributed by atoms with Gasteiger partial charge in [-0.25, -0.2) is 4.79 Å². The van der Waals surface area contributed by atoms with Crippen LogP contribution in [0.3, 0.4) is 0 Å². The van der Waals surface area contributed by atoms with Crippen LogP contribution in [0.1, 0.15) is 94.1 Å². The molecule has 0 heterocycles. The van der Waals surface area contributed by atoms with Gasteiger partial charge in [-0.1, -0.05) is 90.1 Å². The van der Waals surface area contributed by atoms with E-state index >= 15 is 0 Å². The number of methoxy groups -OCH3 is 1. The smallest absolute Gasteiger partial charge is 0.337 e. The average Bonchev–Trinajstić information content (AvgIpc) is 3.00. The van der Waals surface area contributed by atoms with Gasteiger partial charge in [-0.05, 0) is 97.5 Å². The van der Waals surface area contributed by atoms with Gasteiger partial charge in [0, 0.05) is 17.6 Å². The van der Waals surface area contributed by atoms with Gasteiger partial charge in [-0.15, -0.1) is 0 Å². The molecule has 3 aromatic carbocycles. The van der Waals surface area contributed by atoms with Crippen molar-refractivity contribution in [3.8, 4) is 5.75 Å². The van der Waals surface area contributed by atoms with Crippen molar-refractivity contribution in [1.82, 2.24) is 5.32 Å². The molecule has 48 heavy (non-hydrogen) atoms. The van der Waals surface area contributed by atoms with Gasteiger partial charge in [0.2, 0.25) is 0 Å². The van der Waals surface area contributed by atoms with Crippen molar-refractivity contribution in [2.75, 3.05) is 13.7 Å². The third-order valence-corrected chi connectivity index (χ3v) is 19.1. The molecule has 0 saturated carbocycles. The highest BCUT2D eigenvalue weighted by molar-refractivity contribution is 6.74. The van der Waals surface area contributed by atoms with E-state index in [-0.39, 0.29) is 27.7 Å². The molecule has 0 aliphatic heterocycles. The zero-order chi connectivity index (χ0) is 36.0. The number of hydrogen-bond acceptors (Lipinski definition) is 6. The van der Waals surface area contributed by atoms with Crippen LogP contribution in [0.4, 0.5) is 0 Å². The van der Waals surface area contributed by atoms with E-state index in [1.165, 1.54) is 7.11 Å². The van der Waals surface area contributed by atoms with Gasteiger partial charge in [-0.3, -0.25) is 0 Å². The average molecular weight is 692 g/mol. The minimum Gasteiger partial charge on any atom is -0.489 e. The predicted octanol–water partition coefficient (Wildman–Crippen LogP) is 10.2. The van der Waals surface area contributed by atoms with Crippen molar-refractivity contribution < 1.29 is 23.1 Å². The molecule has 6 nitrogen and oxygen atoms in total. The lowest BCUT2D eigenvalue weighted by molar-refractivity contribution is 0.0600. The van der Waals surface area contributed by atoms with Gasteiger partial charge < -0.3 is 23.6 Å². The molecule has 0 aromatic heterocycles. The third-order valence-electron chi connectivity index (χ3n) is 10.1. The van der Waals surface area contributed by atoms with Crippen LogP contribution in [0.5, 0.6) is 5.75 Å². The summed E-state index contributed by atoms with van der Waals surface area (Å²) in [6.45, 7) is 28.8. The van der Waals surface area contributed by atoms with Gasteiger partial charge in [0.1, 0.15) is 12.4 Å². The van der Waals surface area contributed by atoms with Gasteiger partial charge in [0.15, 0.2) is 16.6 Å².